The van der Waals surface area contributed by atoms with Gasteiger partial charge in [0.25, 0.3) is 0 Å². The van der Waals surface area contributed by atoms with E-state index in [-0.39, 0.29) is 5.97 Å². The molecule has 0 heterocycles. The highest BCUT2D eigenvalue weighted by atomic mass is 28.4. The standard InChI is InChI=1S/C12H24O3Si/c1-6-16(7-2,14-5)10-8-9-15-12(13)11(3)4/h3,6-10H2,1-2,4-5H3. The Labute approximate surface area is 100.0 Å². The molecule has 16 heavy (non-hydrogen) atoms. The number of carbonyl (C=O) groups excluding carboxylic acids is 1. The molecule has 3 nitrogen and oxygen atoms in total. The zero-order valence-corrected chi connectivity index (χ0v) is 12.0. The summed E-state index contributed by atoms with van der Waals surface area (Å²) in [4.78, 5) is 11.1. The van der Waals surface area contributed by atoms with Crippen LogP contribution in [0.1, 0.15) is 27.2 Å². The second kappa shape index (κ2) is 7.63. The first-order valence-corrected chi connectivity index (χ1v) is 8.42. The van der Waals surface area contributed by atoms with Crippen molar-refractivity contribution in [3.05, 3.63) is 12.2 Å². The van der Waals surface area contributed by atoms with Crippen molar-refractivity contribution in [2.75, 3.05) is 13.7 Å². The van der Waals surface area contributed by atoms with Crippen molar-refractivity contribution in [2.24, 2.45) is 0 Å². The lowest BCUT2D eigenvalue weighted by Crippen LogP contribution is -2.35. The third-order valence-corrected chi connectivity index (χ3v) is 7.79. The third-order valence-electron chi connectivity index (χ3n) is 3.08. The molecule has 0 atom stereocenters. The van der Waals surface area contributed by atoms with Gasteiger partial charge in [-0.25, -0.2) is 4.79 Å². The molecule has 0 saturated carbocycles. The molecule has 0 unspecified atom stereocenters. The molecule has 0 aromatic heterocycles. The molecule has 0 amide bonds. The molecule has 0 radical (unpaired) electrons. The van der Waals surface area contributed by atoms with Crippen LogP contribution in [0.15, 0.2) is 12.2 Å². The minimum Gasteiger partial charge on any atom is -0.462 e. The van der Waals surface area contributed by atoms with Crippen molar-refractivity contribution >= 4 is 14.3 Å². The number of esters is 1. The lowest BCUT2D eigenvalue weighted by molar-refractivity contribution is -0.138. The molecule has 0 aliphatic carbocycles. The second-order valence-corrected chi connectivity index (χ2v) is 8.80. The molecule has 0 spiro atoms. The summed E-state index contributed by atoms with van der Waals surface area (Å²) in [7, 11) is 0.274. The average molecular weight is 244 g/mol. The third kappa shape index (κ3) is 4.94. The summed E-state index contributed by atoms with van der Waals surface area (Å²) in [6, 6.07) is 3.29. The fourth-order valence-corrected chi connectivity index (χ4v) is 4.45. The van der Waals surface area contributed by atoms with Gasteiger partial charge in [-0.05, 0) is 31.5 Å². The summed E-state index contributed by atoms with van der Waals surface area (Å²) in [5, 5.41) is 0. The molecule has 0 rings (SSSR count). The van der Waals surface area contributed by atoms with Crippen LogP contribution in [-0.4, -0.2) is 28.0 Å². The zero-order chi connectivity index (χ0) is 12.6. The minimum atomic E-state index is -1.53. The van der Waals surface area contributed by atoms with Crippen molar-refractivity contribution in [3.8, 4) is 0 Å². The van der Waals surface area contributed by atoms with Crippen molar-refractivity contribution in [3.63, 3.8) is 0 Å². The van der Waals surface area contributed by atoms with Crippen molar-refractivity contribution in [2.45, 2.75) is 45.3 Å². The summed E-state index contributed by atoms with van der Waals surface area (Å²) in [6.45, 7) is 10.0. The van der Waals surface area contributed by atoms with E-state index >= 15 is 0 Å². The van der Waals surface area contributed by atoms with Crippen molar-refractivity contribution in [1.82, 2.24) is 0 Å². The van der Waals surface area contributed by atoms with E-state index < -0.39 is 8.32 Å². The monoisotopic (exact) mass is 244 g/mol. The lowest BCUT2D eigenvalue weighted by atomic mass is 10.4. The number of ether oxygens (including phenoxy) is 1. The average Bonchev–Trinajstić information content (AvgIpc) is 2.30. The van der Waals surface area contributed by atoms with E-state index in [1.54, 1.807) is 14.0 Å². The fourth-order valence-electron chi connectivity index (χ4n) is 1.68. The highest BCUT2D eigenvalue weighted by Crippen LogP contribution is 2.22. The van der Waals surface area contributed by atoms with Gasteiger partial charge in [0.1, 0.15) is 0 Å². The number of hydrogen-bond donors (Lipinski definition) is 0. The Morgan fingerprint density at radius 2 is 1.88 bits per heavy atom. The van der Waals surface area contributed by atoms with Crippen LogP contribution in [0, 0.1) is 0 Å². The first-order chi connectivity index (χ1) is 7.51. The molecular weight excluding hydrogens is 220 g/mol. The van der Waals surface area contributed by atoms with Crippen LogP contribution in [0.3, 0.4) is 0 Å². The molecule has 0 bridgehead atoms. The smallest absolute Gasteiger partial charge is 0.333 e. The Balaban J connectivity index is 3.88. The van der Waals surface area contributed by atoms with Crippen molar-refractivity contribution < 1.29 is 14.0 Å². The summed E-state index contributed by atoms with van der Waals surface area (Å²) in [5.41, 5.74) is 0.459. The Kier molecular flexibility index (Phi) is 7.33. The lowest BCUT2D eigenvalue weighted by Gasteiger charge is -2.26. The maximum atomic E-state index is 11.1. The van der Waals surface area contributed by atoms with Gasteiger partial charge in [0.2, 0.25) is 0 Å². The van der Waals surface area contributed by atoms with Gasteiger partial charge in [0.15, 0.2) is 8.32 Å². The maximum absolute atomic E-state index is 11.1. The summed E-state index contributed by atoms with van der Waals surface area (Å²) in [5.74, 6) is -0.294. The largest absolute Gasteiger partial charge is 0.462 e. The zero-order valence-electron chi connectivity index (χ0n) is 11.0. The quantitative estimate of drug-likeness (QED) is 0.285. The SMILES string of the molecule is C=C(C)C(=O)OCCC[Si](CC)(CC)OC. The molecule has 0 fully saturated rings. The molecule has 0 N–H and O–H groups in total. The second-order valence-electron chi connectivity index (χ2n) is 4.11. The van der Waals surface area contributed by atoms with Crippen LogP contribution in [0.25, 0.3) is 0 Å². The highest BCUT2D eigenvalue weighted by Gasteiger charge is 2.28. The summed E-state index contributed by atoms with van der Waals surface area (Å²) in [6.07, 6.45) is 0.890. The summed E-state index contributed by atoms with van der Waals surface area (Å²) >= 11 is 0. The molecule has 0 aliphatic rings. The number of rotatable bonds is 8. The molecule has 0 saturated heterocycles. The van der Waals surface area contributed by atoms with E-state index in [4.69, 9.17) is 9.16 Å². The number of carbonyl (C=O) groups is 1. The first kappa shape index (κ1) is 15.4. The normalized spacial score (nSPS) is 11.2. The Bertz CT molecular complexity index is 226. The summed E-state index contributed by atoms with van der Waals surface area (Å²) < 4.78 is 10.7. The highest BCUT2D eigenvalue weighted by molar-refractivity contribution is 6.73. The van der Waals surface area contributed by atoms with Crippen molar-refractivity contribution in [1.29, 1.82) is 0 Å². The number of hydrogen-bond acceptors (Lipinski definition) is 3. The van der Waals surface area contributed by atoms with Gasteiger partial charge in [-0.3, -0.25) is 0 Å². The van der Waals surface area contributed by atoms with E-state index in [1.807, 2.05) is 0 Å². The van der Waals surface area contributed by atoms with Crippen LogP contribution < -0.4 is 0 Å². The van der Waals surface area contributed by atoms with Crippen LogP contribution in [0.5, 0.6) is 0 Å². The maximum Gasteiger partial charge on any atom is 0.333 e. The molecule has 0 aliphatic heterocycles. The fraction of sp³-hybridized carbons (Fsp3) is 0.750. The van der Waals surface area contributed by atoms with Crippen LogP contribution in [0.4, 0.5) is 0 Å². The molecule has 94 valence electrons. The van der Waals surface area contributed by atoms with Gasteiger partial charge in [0.05, 0.1) is 6.61 Å². The van der Waals surface area contributed by atoms with E-state index in [0.717, 1.165) is 24.6 Å². The van der Waals surface area contributed by atoms with E-state index in [2.05, 4.69) is 20.4 Å². The van der Waals surface area contributed by atoms with Crippen LogP contribution >= 0.6 is 0 Å². The molecular formula is C12H24O3Si. The Morgan fingerprint density at radius 1 is 1.31 bits per heavy atom. The molecule has 4 heteroatoms. The first-order valence-electron chi connectivity index (χ1n) is 5.89. The predicted molar refractivity (Wildman–Crippen MR) is 68.9 cm³/mol. The van der Waals surface area contributed by atoms with Gasteiger partial charge in [-0.1, -0.05) is 20.4 Å². The van der Waals surface area contributed by atoms with Gasteiger partial charge < -0.3 is 9.16 Å². The van der Waals surface area contributed by atoms with E-state index in [1.165, 1.54) is 0 Å². The van der Waals surface area contributed by atoms with Crippen LogP contribution in [-0.2, 0) is 14.0 Å². The van der Waals surface area contributed by atoms with Gasteiger partial charge in [0, 0.05) is 12.7 Å². The Hall–Kier alpha value is -0.613. The minimum absolute atomic E-state index is 0.294. The topological polar surface area (TPSA) is 35.5 Å². The van der Waals surface area contributed by atoms with E-state index in [9.17, 15) is 4.79 Å². The van der Waals surface area contributed by atoms with E-state index in [0.29, 0.717) is 12.2 Å². The molecule has 0 aromatic carbocycles. The van der Waals surface area contributed by atoms with Gasteiger partial charge in [-0.2, -0.15) is 0 Å². The predicted octanol–water partition coefficient (Wildman–Crippen LogP) is 3.13. The van der Waals surface area contributed by atoms with Crippen LogP contribution in [0.2, 0.25) is 18.1 Å². The molecule has 0 aromatic rings. The van der Waals surface area contributed by atoms with Gasteiger partial charge in [-0.15, -0.1) is 0 Å². The Morgan fingerprint density at radius 3 is 2.25 bits per heavy atom. The van der Waals surface area contributed by atoms with Gasteiger partial charge >= 0.3 is 5.97 Å².